The van der Waals surface area contributed by atoms with Crippen LogP contribution in [0, 0.1) is 0 Å². The Morgan fingerprint density at radius 1 is 1.38 bits per heavy atom. The Morgan fingerprint density at radius 3 is 3.06 bits per heavy atom. The van der Waals surface area contributed by atoms with E-state index in [-0.39, 0.29) is 5.78 Å². The lowest BCUT2D eigenvalue weighted by Gasteiger charge is -2.07. The summed E-state index contributed by atoms with van der Waals surface area (Å²) in [6.07, 6.45) is 1.53. The van der Waals surface area contributed by atoms with Gasteiger partial charge in [-0.05, 0) is 35.9 Å². The smallest absolute Gasteiger partial charge is 0.163 e. The highest BCUT2D eigenvalue weighted by Gasteiger charge is 2.19. The summed E-state index contributed by atoms with van der Waals surface area (Å²) >= 11 is 1.87. The van der Waals surface area contributed by atoms with Gasteiger partial charge in [-0.1, -0.05) is 6.92 Å². The second kappa shape index (κ2) is 5.39. The normalized spacial score (nSPS) is 13.9. The molecule has 0 spiro atoms. The SMILES string of the molecule is CCSCCOc1ccc2c(c1)CCC2=O. The van der Waals surface area contributed by atoms with E-state index in [1.54, 1.807) is 0 Å². The van der Waals surface area contributed by atoms with Crippen molar-refractivity contribution in [1.29, 1.82) is 0 Å². The van der Waals surface area contributed by atoms with Gasteiger partial charge in [0.1, 0.15) is 5.75 Å². The standard InChI is InChI=1S/C13H16O2S/c1-2-16-8-7-15-11-4-5-12-10(9-11)3-6-13(12)14/h4-5,9H,2-3,6-8H2,1H3. The number of thioether (sulfide) groups is 1. The zero-order chi connectivity index (χ0) is 11.4. The molecule has 1 aromatic carbocycles. The van der Waals surface area contributed by atoms with Crippen LogP contribution in [0.5, 0.6) is 5.75 Å². The number of carbonyl (C=O) groups is 1. The maximum absolute atomic E-state index is 11.4. The van der Waals surface area contributed by atoms with E-state index < -0.39 is 0 Å². The molecule has 2 nitrogen and oxygen atoms in total. The molecule has 0 aliphatic heterocycles. The number of rotatable bonds is 5. The zero-order valence-corrected chi connectivity index (χ0v) is 10.3. The lowest BCUT2D eigenvalue weighted by Crippen LogP contribution is -2.01. The number of hydrogen-bond donors (Lipinski definition) is 0. The molecule has 0 atom stereocenters. The van der Waals surface area contributed by atoms with Crippen LogP contribution in [-0.2, 0) is 6.42 Å². The van der Waals surface area contributed by atoms with Crippen molar-refractivity contribution in [2.45, 2.75) is 19.8 Å². The molecule has 0 saturated heterocycles. The third-order valence-electron chi connectivity index (χ3n) is 2.70. The molecule has 0 radical (unpaired) electrons. The summed E-state index contributed by atoms with van der Waals surface area (Å²) in [5.41, 5.74) is 2.03. The molecule has 1 aliphatic carbocycles. The van der Waals surface area contributed by atoms with Gasteiger partial charge < -0.3 is 4.74 Å². The molecular weight excluding hydrogens is 220 g/mol. The Kier molecular flexibility index (Phi) is 3.88. The number of aryl methyl sites for hydroxylation is 1. The van der Waals surface area contributed by atoms with Crippen molar-refractivity contribution in [3.63, 3.8) is 0 Å². The third-order valence-corrected chi connectivity index (χ3v) is 3.56. The molecular formula is C13H16O2S. The van der Waals surface area contributed by atoms with Gasteiger partial charge in [0.05, 0.1) is 6.61 Å². The van der Waals surface area contributed by atoms with Crippen molar-refractivity contribution in [1.82, 2.24) is 0 Å². The van der Waals surface area contributed by atoms with E-state index in [1.807, 2.05) is 30.0 Å². The van der Waals surface area contributed by atoms with Gasteiger partial charge in [-0.25, -0.2) is 0 Å². The Morgan fingerprint density at radius 2 is 2.25 bits per heavy atom. The first kappa shape index (κ1) is 11.5. The summed E-state index contributed by atoms with van der Waals surface area (Å²) in [4.78, 5) is 11.4. The maximum Gasteiger partial charge on any atom is 0.163 e. The molecule has 16 heavy (non-hydrogen) atoms. The van der Waals surface area contributed by atoms with Crippen LogP contribution in [0.4, 0.5) is 0 Å². The number of ketones is 1. The molecule has 2 rings (SSSR count). The van der Waals surface area contributed by atoms with Crippen LogP contribution in [0.1, 0.15) is 29.3 Å². The Balaban J connectivity index is 1.94. The van der Waals surface area contributed by atoms with Crippen molar-refractivity contribution in [3.8, 4) is 5.75 Å². The number of fused-ring (bicyclic) bond motifs is 1. The Hall–Kier alpha value is -0.960. The Bertz CT molecular complexity index is 388. The fraction of sp³-hybridized carbons (Fsp3) is 0.462. The molecule has 1 aromatic rings. The molecule has 0 N–H and O–H groups in total. The minimum atomic E-state index is 0.267. The largest absolute Gasteiger partial charge is 0.493 e. The fourth-order valence-corrected chi connectivity index (χ4v) is 2.37. The van der Waals surface area contributed by atoms with Crippen molar-refractivity contribution < 1.29 is 9.53 Å². The van der Waals surface area contributed by atoms with Gasteiger partial charge >= 0.3 is 0 Å². The van der Waals surface area contributed by atoms with Gasteiger partial charge in [-0.2, -0.15) is 11.8 Å². The molecule has 1 aliphatic rings. The third kappa shape index (κ3) is 2.59. The van der Waals surface area contributed by atoms with Crippen LogP contribution in [0.25, 0.3) is 0 Å². The highest BCUT2D eigenvalue weighted by atomic mass is 32.2. The van der Waals surface area contributed by atoms with Crippen LogP contribution < -0.4 is 4.74 Å². The fourth-order valence-electron chi connectivity index (χ4n) is 1.88. The first-order valence-electron chi connectivity index (χ1n) is 5.68. The average molecular weight is 236 g/mol. The highest BCUT2D eigenvalue weighted by molar-refractivity contribution is 7.99. The molecule has 0 amide bonds. The van der Waals surface area contributed by atoms with Gasteiger partial charge in [0.2, 0.25) is 0 Å². The number of benzene rings is 1. The topological polar surface area (TPSA) is 26.3 Å². The quantitative estimate of drug-likeness (QED) is 0.735. The molecule has 0 saturated carbocycles. The minimum absolute atomic E-state index is 0.267. The number of Topliss-reactive ketones (excluding diaryl/α,β-unsaturated/α-hetero) is 1. The predicted octanol–water partition coefficient (Wildman–Crippen LogP) is 2.95. The maximum atomic E-state index is 11.4. The summed E-state index contributed by atoms with van der Waals surface area (Å²) in [7, 11) is 0. The molecule has 86 valence electrons. The average Bonchev–Trinajstić information content (AvgIpc) is 2.66. The van der Waals surface area contributed by atoms with Gasteiger partial charge in [0, 0.05) is 17.7 Å². The molecule has 3 heteroatoms. The second-order valence-electron chi connectivity index (χ2n) is 3.79. The van der Waals surface area contributed by atoms with Crippen molar-refractivity contribution in [2.75, 3.05) is 18.1 Å². The van der Waals surface area contributed by atoms with Crippen LogP contribution in [0.2, 0.25) is 0 Å². The second-order valence-corrected chi connectivity index (χ2v) is 5.18. The van der Waals surface area contributed by atoms with E-state index in [2.05, 4.69) is 6.92 Å². The minimum Gasteiger partial charge on any atom is -0.493 e. The zero-order valence-electron chi connectivity index (χ0n) is 9.49. The van der Waals surface area contributed by atoms with E-state index >= 15 is 0 Å². The van der Waals surface area contributed by atoms with E-state index in [9.17, 15) is 4.79 Å². The number of carbonyl (C=O) groups excluding carboxylic acids is 1. The van der Waals surface area contributed by atoms with Crippen molar-refractivity contribution in [2.24, 2.45) is 0 Å². The molecule has 0 fully saturated rings. The van der Waals surface area contributed by atoms with Crippen LogP contribution in [0.15, 0.2) is 18.2 Å². The molecule has 0 heterocycles. The predicted molar refractivity (Wildman–Crippen MR) is 67.6 cm³/mol. The van der Waals surface area contributed by atoms with Gasteiger partial charge in [-0.3, -0.25) is 4.79 Å². The first-order chi connectivity index (χ1) is 7.81. The molecule has 0 aromatic heterocycles. The Labute approximate surface area is 100 Å². The molecule has 0 bridgehead atoms. The van der Waals surface area contributed by atoms with Crippen molar-refractivity contribution in [3.05, 3.63) is 29.3 Å². The highest BCUT2D eigenvalue weighted by Crippen LogP contribution is 2.26. The number of ether oxygens (including phenoxy) is 1. The monoisotopic (exact) mass is 236 g/mol. The lowest BCUT2D eigenvalue weighted by atomic mass is 10.1. The van der Waals surface area contributed by atoms with Gasteiger partial charge in [0.25, 0.3) is 0 Å². The van der Waals surface area contributed by atoms with Gasteiger partial charge in [0.15, 0.2) is 5.78 Å². The van der Waals surface area contributed by atoms with Crippen LogP contribution in [0.3, 0.4) is 0 Å². The first-order valence-corrected chi connectivity index (χ1v) is 6.83. The summed E-state index contributed by atoms with van der Waals surface area (Å²) in [5.74, 6) is 3.31. The summed E-state index contributed by atoms with van der Waals surface area (Å²) in [6.45, 7) is 2.89. The lowest BCUT2D eigenvalue weighted by molar-refractivity contribution is 0.0994. The van der Waals surface area contributed by atoms with Crippen LogP contribution >= 0.6 is 11.8 Å². The van der Waals surface area contributed by atoms with E-state index in [4.69, 9.17) is 4.74 Å². The van der Waals surface area contributed by atoms with Gasteiger partial charge in [-0.15, -0.1) is 0 Å². The van der Waals surface area contributed by atoms with E-state index in [1.165, 1.54) is 0 Å². The van der Waals surface area contributed by atoms with E-state index in [0.29, 0.717) is 6.42 Å². The number of hydrogen-bond acceptors (Lipinski definition) is 3. The van der Waals surface area contributed by atoms with Crippen LogP contribution in [-0.4, -0.2) is 23.9 Å². The summed E-state index contributed by atoms with van der Waals surface area (Å²) in [5, 5.41) is 0. The van der Waals surface area contributed by atoms with E-state index in [0.717, 1.165) is 41.4 Å². The van der Waals surface area contributed by atoms with Crippen molar-refractivity contribution >= 4 is 17.5 Å². The summed E-state index contributed by atoms with van der Waals surface area (Å²) in [6, 6.07) is 5.81. The molecule has 0 unspecified atom stereocenters. The summed E-state index contributed by atoms with van der Waals surface area (Å²) < 4.78 is 5.64.